The van der Waals surface area contributed by atoms with Gasteiger partial charge in [-0.3, -0.25) is 9.59 Å². The summed E-state index contributed by atoms with van der Waals surface area (Å²) in [6.07, 6.45) is 2.25. The third-order valence-corrected chi connectivity index (χ3v) is 4.69. The lowest BCUT2D eigenvalue weighted by Crippen LogP contribution is -2.72. The molecule has 122 valence electrons. The minimum Gasteiger partial charge on any atom is -0.342 e. The molecule has 0 saturated carbocycles. The molecule has 4 nitrogen and oxygen atoms in total. The molecule has 21 heavy (non-hydrogen) atoms. The fourth-order valence-electron chi connectivity index (χ4n) is 3.07. The van der Waals surface area contributed by atoms with Crippen LogP contribution in [0.5, 0.6) is 0 Å². The zero-order valence-corrected chi connectivity index (χ0v) is 14.7. The van der Waals surface area contributed by atoms with Gasteiger partial charge in [-0.25, -0.2) is 0 Å². The summed E-state index contributed by atoms with van der Waals surface area (Å²) in [6, 6.07) is -0.427. The van der Waals surface area contributed by atoms with Gasteiger partial charge in [-0.2, -0.15) is 0 Å². The van der Waals surface area contributed by atoms with E-state index in [1.165, 1.54) is 0 Å². The third-order valence-electron chi connectivity index (χ3n) is 4.69. The average molecular weight is 296 g/mol. The van der Waals surface area contributed by atoms with Crippen molar-refractivity contribution in [1.29, 1.82) is 0 Å². The molecule has 1 saturated heterocycles. The number of nitrogens with one attached hydrogen (secondary N) is 1. The maximum atomic E-state index is 13.0. The molecule has 1 heterocycles. The van der Waals surface area contributed by atoms with E-state index in [1.54, 1.807) is 0 Å². The predicted octanol–water partition coefficient (Wildman–Crippen LogP) is 2.96. The van der Waals surface area contributed by atoms with Crippen LogP contribution < -0.4 is 5.32 Å². The summed E-state index contributed by atoms with van der Waals surface area (Å²) in [5, 5.41) is 2.99. The summed E-state index contributed by atoms with van der Waals surface area (Å²) in [4.78, 5) is 27.6. The first kappa shape index (κ1) is 18.0. The Kier molecular flexibility index (Phi) is 5.46. The second-order valence-electron chi connectivity index (χ2n) is 7.68. The van der Waals surface area contributed by atoms with Crippen molar-refractivity contribution in [1.82, 2.24) is 10.2 Å². The molecule has 4 heteroatoms. The van der Waals surface area contributed by atoms with Gasteiger partial charge in [0.1, 0.15) is 11.6 Å². The summed E-state index contributed by atoms with van der Waals surface area (Å²) in [5.74, 6) is 0.601. The smallest absolute Gasteiger partial charge is 0.246 e. The number of hydrogen-bond acceptors (Lipinski definition) is 2. The molecule has 0 aromatic rings. The highest BCUT2D eigenvalue weighted by Crippen LogP contribution is 2.34. The van der Waals surface area contributed by atoms with Gasteiger partial charge in [0.05, 0.1) is 0 Å². The Morgan fingerprint density at radius 2 is 1.71 bits per heavy atom. The second kappa shape index (κ2) is 6.37. The zero-order valence-electron chi connectivity index (χ0n) is 14.7. The maximum absolute atomic E-state index is 13.0. The van der Waals surface area contributed by atoms with Gasteiger partial charge in [0.15, 0.2) is 0 Å². The van der Waals surface area contributed by atoms with E-state index >= 15 is 0 Å². The lowest BCUT2D eigenvalue weighted by Gasteiger charge is -2.50. The fourth-order valence-corrected chi connectivity index (χ4v) is 3.07. The molecule has 0 bridgehead atoms. The van der Waals surface area contributed by atoms with Crippen LogP contribution in [0.3, 0.4) is 0 Å². The van der Waals surface area contributed by atoms with Crippen LogP contribution in [0.2, 0.25) is 0 Å². The molecule has 1 aliphatic heterocycles. The van der Waals surface area contributed by atoms with Crippen molar-refractivity contribution in [3.8, 4) is 0 Å². The Bertz CT molecular complexity index is 392. The van der Waals surface area contributed by atoms with Crippen LogP contribution in [0, 0.1) is 11.3 Å². The molecule has 0 radical (unpaired) electrons. The molecule has 1 fully saturated rings. The van der Waals surface area contributed by atoms with Crippen LogP contribution in [0.15, 0.2) is 0 Å². The van der Waals surface area contributed by atoms with Gasteiger partial charge in [0, 0.05) is 6.54 Å². The van der Waals surface area contributed by atoms with E-state index < -0.39 is 11.6 Å². The number of rotatable bonds is 5. The fraction of sp³-hybridized carbons (Fsp3) is 0.882. The molecule has 1 atom stereocenters. The SMILES string of the molecule is CCC1(CC)C(=O)NC(C(C)(C)C)C(=O)N1CCC(C)C. The molecule has 0 aliphatic carbocycles. The first-order valence-corrected chi connectivity index (χ1v) is 8.22. The summed E-state index contributed by atoms with van der Waals surface area (Å²) in [5.41, 5.74) is -0.940. The first-order valence-electron chi connectivity index (χ1n) is 8.22. The molecule has 1 rings (SSSR count). The van der Waals surface area contributed by atoms with Crippen molar-refractivity contribution in [2.75, 3.05) is 6.54 Å². The van der Waals surface area contributed by atoms with Crippen LogP contribution in [0.1, 0.15) is 67.7 Å². The Morgan fingerprint density at radius 1 is 1.19 bits per heavy atom. The van der Waals surface area contributed by atoms with Crippen LogP contribution in [-0.2, 0) is 9.59 Å². The first-order chi connectivity index (χ1) is 9.60. The van der Waals surface area contributed by atoms with E-state index in [0.29, 0.717) is 25.3 Å². The predicted molar refractivity (Wildman–Crippen MR) is 85.9 cm³/mol. The number of amides is 2. The molecule has 1 N–H and O–H groups in total. The Labute approximate surface area is 129 Å². The Hall–Kier alpha value is -1.06. The van der Waals surface area contributed by atoms with Gasteiger partial charge < -0.3 is 10.2 Å². The van der Waals surface area contributed by atoms with Crippen molar-refractivity contribution in [3.63, 3.8) is 0 Å². The molecule has 1 unspecified atom stereocenters. The van der Waals surface area contributed by atoms with E-state index in [-0.39, 0.29) is 17.2 Å². The van der Waals surface area contributed by atoms with Crippen LogP contribution in [-0.4, -0.2) is 34.8 Å². The zero-order chi connectivity index (χ0) is 16.4. The summed E-state index contributed by atoms with van der Waals surface area (Å²) < 4.78 is 0. The molecule has 1 aliphatic rings. The summed E-state index contributed by atoms with van der Waals surface area (Å²) >= 11 is 0. The highest BCUT2D eigenvalue weighted by atomic mass is 16.2. The lowest BCUT2D eigenvalue weighted by atomic mass is 9.79. The van der Waals surface area contributed by atoms with Crippen LogP contribution >= 0.6 is 0 Å². The van der Waals surface area contributed by atoms with Crippen molar-refractivity contribution in [2.24, 2.45) is 11.3 Å². The van der Waals surface area contributed by atoms with Crippen molar-refractivity contribution in [2.45, 2.75) is 79.3 Å². The van der Waals surface area contributed by atoms with Gasteiger partial charge in [-0.15, -0.1) is 0 Å². The van der Waals surface area contributed by atoms with E-state index in [2.05, 4.69) is 19.2 Å². The topological polar surface area (TPSA) is 49.4 Å². The van der Waals surface area contributed by atoms with E-state index in [1.807, 2.05) is 39.5 Å². The van der Waals surface area contributed by atoms with E-state index in [4.69, 9.17) is 0 Å². The average Bonchev–Trinajstić information content (AvgIpc) is 2.37. The van der Waals surface area contributed by atoms with Gasteiger partial charge in [-0.05, 0) is 30.6 Å². The van der Waals surface area contributed by atoms with Crippen molar-refractivity contribution >= 4 is 11.8 Å². The molecular formula is C17H32N2O2. The van der Waals surface area contributed by atoms with Gasteiger partial charge in [0.2, 0.25) is 11.8 Å². The number of carbonyl (C=O) groups excluding carboxylic acids is 2. The second-order valence-corrected chi connectivity index (χ2v) is 7.68. The summed E-state index contributed by atoms with van der Waals surface area (Å²) in [7, 11) is 0. The standard InChI is InChI=1S/C17H32N2O2/c1-8-17(9-2)15(21)18-13(16(5,6)7)14(20)19(17)11-10-12(3)4/h12-13H,8-11H2,1-7H3,(H,18,21). The minimum atomic E-state index is -0.673. The van der Waals surface area contributed by atoms with Crippen LogP contribution in [0.4, 0.5) is 0 Å². The quantitative estimate of drug-likeness (QED) is 0.848. The monoisotopic (exact) mass is 296 g/mol. The van der Waals surface area contributed by atoms with Gasteiger partial charge in [0.25, 0.3) is 0 Å². The lowest BCUT2D eigenvalue weighted by molar-refractivity contribution is -0.161. The van der Waals surface area contributed by atoms with Crippen LogP contribution in [0.25, 0.3) is 0 Å². The molecule has 0 aromatic heterocycles. The summed E-state index contributed by atoms with van der Waals surface area (Å²) in [6.45, 7) is 15.0. The third kappa shape index (κ3) is 3.41. The van der Waals surface area contributed by atoms with Crippen molar-refractivity contribution in [3.05, 3.63) is 0 Å². The maximum Gasteiger partial charge on any atom is 0.246 e. The minimum absolute atomic E-state index is 0.00998. The number of piperazine rings is 1. The molecule has 0 aromatic carbocycles. The van der Waals surface area contributed by atoms with Crippen molar-refractivity contribution < 1.29 is 9.59 Å². The largest absolute Gasteiger partial charge is 0.342 e. The number of carbonyl (C=O) groups is 2. The van der Waals surface area contributed by atoms with Gasteiger partial charge >= 0.3 is 0 Å². The Balaban J connectivity index is 3.17. The van der Waals surface area contributed by atoms with E-state index in [0.717, 1.165) is 6.42 Å². The highest BCUT2D eigenvalue weighted by Gasteiger charge is 2.52. The molecule has 0 spiro atoms. The Morgan fingerprint density at radius 3 is 2.10 bits per heavy atom. The number of hydrogen-bond donors (Lipinski definition) is 1. The highest BCUT2D eigenvalue weighted by molar-refractivity contribution is 6.00. The normalized spacial score (nSPS) is 22.7. The van der Waals surface area contributed by atoms with Gasteiger partial charge in [-0.1, -0.05) is 48.5 Å². The number of nitrogens with zero attached hydrogens (tertiary/aromatic N) is 1. The van der Waals surface area contributed by atoms with E-state index in [9.17, 15) is 9.59 Å². The molecular weight excluding hydrogens is 264 g/mol. The molecule has 2 amide bonds.